The van der Waals surface area contributed by atoms with Crippen molar-refractivity contribution in [2.45, 2.75) is 26.3 Å². The number of nitrogens with one attached hydrogen (secondary N) is 2. The Kier molecular flexibility index (Phi) is 9.04. The van der Waals surface area contributed by atoms with Crippen molar-refractivity contribution in [3.8, 4) is 23.0 Å². The van der Waals surface area contributed by atoms with Crippen LogP contribution in [0.3, 0.4) is 0 Å². The lowest BCUT2D eigenvalue weighted by Gasteiger charge is -2.16. The van der Waals surface area contributed by atoms with Gasteiger partial charge in [-0.15, -0.1) is 0 Å². The molecule has 0 aliphatic heterocycles. The number of rotatable bonds is 10. The fourth-order valence-electron chi connectivity index (χ4n) is 2.64. The van der Waals surface area contributed by atoms with Crippen LogP contribution < -0.4 is 29.6 Å². The van der Waals surface area contributed by atoms with Crippen molar-refractivity contribution >= 4 is 5.96 Å². The first kappa shape index (κ1) is 23.9. The van der Waals surface area contributed by atoms with Crippen LogP contribution in [0.5, 0.6) is 23.0 Å². The lowest BCUT2D eigenvalue weighted by Crippen LogP contribution is -2.36. The maximum atomic E-state index is 12.6. The van der Waals surface area contributed by atoms with E-state index in [9.17, 15) is 17.6 Å². The second-order valence-corrected chi connectivity index (χ2v) is 6.00. The zero-order valence-electron chi connectivity index (χ0n) is 17.1. The van der Waals surface area contributed by atoms with E-state index in [0.717, 1.165) is 0 Å². The molecule has 2 rings (SSSR count). The summed E-state index contributed by atoms with van der Waals surface area (Å²) >= 11 is 0. The molecule has 0 heterocycles. The van der Waals surface area contributed by atoms with Gasteiger partial charge in [-0.3, -0.25) is 4.99 Å². The van der Waals surface area contributed by atoms with Crippen molar-refractivity contribution in [3.63, 3.8) is 0 Å². The van der Waals surface area contributed by atoms with E-state index in [0.29, 0.717) is 22.8 Å². The molecule has 0 saturated heterocycles. The number of methoxy groups -OCH3 is 2. The molecule has 2 N–H and O–H groups in total. The van der Waals surface area contributed by atoms with E-state index in [-0.39, 0.29) is 30.3 Å². The highest BCUT2D eigenvalue weighted by molar-refractivity contribution is 5.79. The van der Waals surface area contributed by atoms with Crippen LogP contribution >= 0.6 is 0 Å². The molecule has 0 fully saturated rings. The second-order valence-electron chi connectivity index (χ2n) is 6.00. The van der Waals surface area contributed by atoms with Gasteiger partial charge in [-0.2, -0.15) is 17.6 Å². The molecule has 0 unspecified atom stereocenters. The highest BCUT2D eigenvalue weighted by Gasteiger charge is 2.13. The molecule has 0 atom stereocenters. The highest BCUT2D eigenvalue weighted by Crippen LogP contribution is 2.29. The van der Waals surface area contributed by atoms with Gasteiger partial charge in [0.25, 0.3) is 0 Å². The van der Waals surface area contributed by atoms with Crippen molar-refractivity contribution in [2.75, 3.05) is 21.3 Å². The quantitative estimate of drug-likeness (QED) is 0.330. The van der Waals surface area contributed by atoms with Gasteiger partial charge in [-0.25, -0.2) is 0 Å². The zero-order valence-corrected chi connectivity index (χ0v) is 17.1. The molecule has 0 saturated carbocycles. The Morgan fingerprint density at radius 1 is 0.839 bits per heavy atom. The van der Waals surface area contributed by atoms with Gasteiger partial charge in [-0.05, 0) is 35.9 Å². The molecular formula is C20H23F4N3O4. The lowest BCUT2D eigenvalue weighted by molar-refractivity contribution is -0.0516. The van der Waals surface area contributed by atoms with Crippen molar-refractivity contribution in [1.82, 2.24) is 10.6 Å². The Morgan fingerprint density at radius 2 is 1.48 bits per heavy atom. The molecule has 0 radical (unpaired) electrons. The SMILES string of the molecule is CN=C(NCc1ccc(OC)c(OC(F)F)c1)NCc1cc(OC)ccc1OC(F)F. The summed E-state index contributed by atoms with van der Waals surface area (Å²) < 4.78 is 69.6. The van der Waals surface area contributed by atoms with E-state index in [1.807, 2.05) is 0 Å². The number of aliphatic imine (C=N–C) groups is 1. The third-order valence-electron chi connectivity index (χ3n) is 4.06. The minimum atomic E-state index is -2.99. The van der Waals surface area contributed by atoms with E-state index in [1.165, 1.54) is 45.5 Å². The zero-order chi connectivity index (χ0) is 22.8. The monoisotopic (exact) mass is 445 g/mol. The van der Waals surface area contributed by atoms with Gasteiger partial charge in [0.1, 0.15) is 11.5 Å². The van der Waals surface area contributed by atoms with Crippen molar-refractivity contribution in [1.29, 1.82) is 0 Å². The molecule has 0 amide bonds. The van der Waals surface area contributed by atoms with Crippen LogP contribution in [-0.2, 0) is 13.1 Å². The predicted molar refractivity (Wildman–Crippen MR) is 106 cm³/mol. The number of nitrogens with zero attached hydrogens (tertiary/aromatic N) is 1. The van der Waals surface area contributed by atoms with Crippen LogP contribution in [0.15, 0.2) is 41.4 Å². The second kappa shape index (κ2) is 11.7. The summed E-state index contributed by atoms with van der Waals surface area (Å²) in [6.45, 7) is -5.62. The lowest BCUT2D eigenvalue weighted by atomic mass is 10.2. The first-order valence-electron chi connectivity index (χ1n) is 9.04. The highest BCUT2D eigenvalue weighted by atomic mass is 19.3. The van der Waals surface area contributed by atoms with Gasteiger partial charge >= 0.3 is 13.2 Å². The fourth-order valence-corrected chi connectivity index (χ4v) is 2.64. The Morgan fingerprint density at radius 3 is 2.10 bits per heavy atom. The topological polar surface area (TPSA) is 73.3 Å². The van der Waals surface area contributed by atoms with E-state index >= 15 is 0 Å². The molecule has 0 aromatic heterocycles. The van der Waals surface area contributed by atoms with Crippen molar-refractivity contribution in [2.24, 2.45) is 4.99 Å². The Hall–Kier alpha value is -3.37. The van der Waals surface area contributed by atoms with Gasteiger partial charge in [0.2, 0.25) is 0 Å². The standard InChI is InChI=1S/C20H23F4N3O4/c1-25-20(26-10-12-4-6-16(29-3)17(8-12)31-19(23)24)27-11-13-9-14(28-2)5-7-15(13)30-18(21)22/h4-9,18-19H,10-11H2,1-3H3,(H2,25,26,27). The molecule has 170 valence electrons. The normalized spacial score (nSPS) is 11.5. The number of guanidine groups is 1. The van der Waals surface area contributed by atoms with Gasteiger partial charge in [0, 0.05) is 25.7 Å². The summed E-state index contributed by atoms with van der Waals surface area (Å²) in [5.41, 5.74) is 1.06. The Labute approximate surface area is 177 Å². The molecule has 0 aliphatic rings. The van der Waals surface area contributed by atoms with Crippen LogP contribution in [0.2, 0.25) is 0 Å². The smallest absolute Gasteiger partial charge is 0.387 e. The van der Waals surface area contributed by atoms with Gasteiger partial charge in [-0.1, -0.05) is 6.07 Å². The first-order valence-corrected chi connectivity index (χ1v) is 9.04. The van der Waals surface area contributed by atoms with E-state index in [4.69, 9.17) is 9.47 Å². The molecule has 2 aromatic carbocycles. The van der Waals surface area contributed by atoms with Crippen molar-refractivity contribution in [3.05, 3.63) is 47.5 Å². The van der Waals surface area contributed by atoms with E-state index < -0.39 is 13.2 Å². The maximum absolute atomic E-state index is 12.6. The molecule has 7 nitrogen and oxygen atoms in total. The Balaban J connectivity index is 2.04. The Bertz CT molecular complexity index is 881. The molecular weight excluding hydrogens is 422 g/mol. The van der Waals surface area contributed by atoms with Gasteiger partial charge in [0.15, 0.2) is 17.5 Å². The van der Waals surface area contributed by atoms with Crippen LogP contribution in [0.1, 0.15) is 11.1 Å². The third-order valence-corrected chi connectivity index (χ3v) is 4.06. The van der Waals surface area contributed by atoms with Crippen LogP contribution in [0.4, 0.5) is 17.6 Å². The molecule has 0 bridgehead atoms. The number of halogens is 4. The summed E-state index contributed by atoms with van der Waals surface area (Å²) in [5.74, 6) is 0.910. The third kappa shape index (κ3) is 7.43. The van der Waals surface area contributed by atoms with Crippen molar-refractivity contribution < 1.29 is 36.5 Å². The molecule has 2 aromatic rings. The van der Waals surface area contributed by atoms with Crippen LogP contribution in [-0.4, -0.2) is 40.4 Å². The summed E-state index contributed by atoms with van der Waals surface area (Å²) in [7, 11) is 4.33. The largest absolute Gasteiger partial charge is 0.497 e. The molecule has 11 heteroatoms. The number of hydrogen-bond acceptors (Lipinski definition) is 5. The number of hydrogen-bond donors (Lipinski definition) is 2. The number of ether oxygens (including phenoxy) is 4. The first-order chi connectivity index (χ1) is 14.9. The maximum Gasteiger partial charge on any atom is 0.387 e. The molecule has 31 heavy (non-hydrogen) atoms. The summed E-state index contributed by atoms with van der Waals surface area (Å²) in [4.78, 5) is 4.05. The molecule has 0 aliphatic carbocycles. The van der Waals surface area contributed by atoms with E-state index in [2.05, 4.69) is 25.1 Å². The molecule has 0 spiro atoms. The number of alkyl halides is 4. The van der Waals surface area contributed by atoms with Gasteiger partial charge < -0.3 is 29.6 Å². The summed E-state index contributed by atoms with van der Waals surface area (Å²) in [6.07, 6.45) is 0. The number of benzene rings is 2. The fraction of sp³-hybridized carbons (Fsp3) is 0.350. The summed E-state index contributed by atoms with van der Waals surface area (Å²) in [6, 6.07) is 9.07. The summed E-state index contributed by atoms with van der Waals surface area (Å²) in [5, 5.41) is 5.97. The minimum absolute atomic E-state index is 0.00250. The van der Waals surface area contributed by atoms with Crippen LogP contribution in [0, 0.1) is 0 Å². The average Bonchev–Trinajstić information content (AvgIpc) is 2.74. The van der Waals surface area contributed by atoms with E-state index in [1.54, 1.807) is 12.1 Å². The average molecular weight is 445 g/mol. The predicted octanol–water partition coefficient (Wildman–Crippen LogP) is 3.77. The van der Waals surface area contributed by atoms with Crippen LogP contribution in [0.25, 0.3) is 0 Å². The minimum Gasteiger partial charge on any atom is -0.497 e. The van der Waals surface area contributed by atoms with Gasteiger partial charge in [0.05, 0.1) is 14.2 Å².